The van der Waals surface area contributed by atoms with Crippen LogP contribution in [-0.4, -0.2) is 29.9 Å². The topological polar surface area (TPSA) is 64.6 Å². The van der Waals surface area contributed by atoms with Gasteiger partial charge in [0.15, 0.2) is 12.0 Å². The Kier molecular flexibility index (Phi) is 9.85. The van der Waals surface area contributed by atoms with Crippen molar-refractivity contribution in [1.29, 1.82) is 0 Å². The molecule has 0 aliphatic rings. The number of hydrogen-bond acceptors (Lipinski definition) is 5. The zero-order valence-electron chi connectivity index (χ0n) is 15.2. The lowest BCUT2D eigenvalue weighted by molar-refractivity contribution is -0.106. The number of ether oxygens (including phenoxy) is 1. The molecule has 0 spiro atoms. The van der Waals surface area contributed by atoms with Gasteiger partial charge in [0.2, 0.25) is 0 Å². The molecular weight excluding hydrogens is 358 g/mol. The number of aldehydes is 1. The van der Waals surface area contributed by atoms with Gasteiger partial charge < -0.3 is 8.92 Å². The number of hydrogen-bond donors (Lipinski definition) is 1. The minimum Gasteiger partial charge on any atom is -0.494 e. The van der Waals surface area contributed by atoms with Crippen LogP contribution in [0.3, 0.4) is 0 Å². The predicted molar refractivity (Wildman–Crippen MR) is 105 cm³/mol. The van der Waals surface area contributed by atoms with Crippen molar-refractivity contribution in [2.75, 3.05) is 19.4 Å². The van der Waals surface area contributed by atoms with Crippen molar-refractivity contribution in [3.8, 4) is 5.75 Å². The molecule has 7 heteroatoms. The largest absolute Gasteiger partial charge is 0.494 e. The molecule has 1 N–H and O–H groups in total. The van der Waals surface area contributed by atoms with Gasteiger partial charge >= 0.3 is 0 Å². The van der Waals surface area contributed by atoms with E-state index in [1.54, 1.807) is 6.26 Å². The van der Waals surface area contributed by atoms with Gasteiger partial charge in [0.25, 0.3) is 11.3 Å². The normalized spacial score (nSPS) is 13.4. The lowest BCUT2D eigenvalue weighted by Gasteiger charge is -2.23. The second-order valence-corrected chi connectivity index (χ2v) is 7.68. The van der Waals surface area contributed by atoms with E-state index in [1.165, 1.54) is 22.7 Å². The molecule has 25 heavy (non-hydrogen) atoms. The van der Waals surface area contributed by atoms with Gasteiger partial charge in [0.1, 0.15) is 5.75 Å². The van der Waals surface area contributed by atoms with Crippen LogP contribution in [0.25, 0.3) is 0 Å². The Morgan fingerprint density at radius 2 is 2.00 bits per heavy atom. The fraction of sp³-hybridized carbons (Fsp3) is 0.500. The average Bonchev–Trinajstić information content (AvgIpc) is 2.61. The summed E-state index contributed by atoms with van der Waals surface area (Å²) >= 11 is -0.423. The highest BCUT2D eigenvalue weighted by molar-refractivity contribution is 8.01. The molecule has 1 atom stereocenters. The SMILES string of the molecule is CCC(C)(C)c1ccc(OCCCNS(=O)OC(C=O)=CSC)cc1. The summed E-state index contributed by atoms with van der Waals surface area (Å²) < 4.78 is 24.9. The van der Waals surface area contributed by atoms with E-state index in [2.05, 4.69) is 37.6 Å². The van der Waals surface area contributed by atoms with Gasteiger partial charge in [-0.2, -0.15) is 4.21 Å². The summed E-state index contributed by atoms with van der Waals surface area (Å²) in [6.07, 6.45) is 4.06. The van der Waals surface area contributed by atoms with Crippen LogP contribution >= 0.6 is 11.8 Å². The first-order valence-electron chi connectivity index (χ1n) is 8.18. The van der Waals surface area contributed by atoms with E-state index in [1.807, 2.05) is 12.1 Å². The van der Waals surface area contributed by atoms with E-state index in [0.29, 0.717) is 25.9 Å². The smallest absolute Gasteiger partial charge is 0.288 e. The van der Waals surface area contributed by atoms with Gasteiger partial charge in [-0.1, -0.05) is 32.9 Å². The average molecular weight is 386 g/mol. The fourth-order valence-corrected chi connectivity index (χ4v) is 2.95. The van der Waals surface area contributed by atoms with Crippen LogP contribution in [0.5, 0.6) is 5.75 Å². The highest BCUT2D eigenvalue weighted by Crippen LogP contribution is 2.28. The van der Waals surface area contributed by atoms with Crippen molar-refractivity contribution in [2.24, 2.45) is 0 Å². The number of allylic oxidation sites excluding steroid dienone is 1. The number of carbonyl (C=O) groups is 1. The summed E-state index contributed by atoms with van der Waals surface area (Å²) in [6.45, 7) is 7.59. The monoisotopic (exact) mass is 385 g/mol. The van der Waals surface area contributed by atoms with Crippen molar-refractivity contribution in [2.45, 2.75) is 39.0 Å². The van der Waals surface area contributed by atoms with Crippen LogP contribution in [0.4, 0.5) is 0 Å². The number of nitrogens with one attached hydrogen (secondary N) is 1. The number of benzene rings is 1. The molecule has 1 unspecified atom stereocenters. The van der Waals surface area contributed by atoms with Gasteiger partial charge in [-0.15, -0.1) is 11.8 Å². The van der Waals surface area contributed by atoms with Crippen molar-refractivity contribution in [3.05, 3.63) is 41.0 Å². The Bertz CT molecular complexity index is 585. The quantitative estimate of drug-likeness (QED) is 0.257. The minimum atomic E-state index is -1.73. The third kappa shape index (κ3) is 8.07. The van der Waals surface area contributed by atoms with E-state index in [-0.39, 0.29) is 11.2 Å². The molecule has 5 nitrogen and oxygen atoms in total. The Labute approximate surface area is 157 Å². The second-order valence-electron chi connectivity index (χ2n) is 6.05. The summed E-state index contributed by atoms with van der Waals surface area (Å²) in [4.78, 5) is 10.7. The maximum absolute atomic E-state index is 11.6. The lowest BCUT2D eigenvalue weighted by atomic mass is 9.82. The van der Waals surface area contributed by atoms with E-state index in [0.717, 1.165) is 12.2 Å². The van der Waals surface area contributed by atoms with Gasteiger partial charge in [0.05, 0.1) is 6.61 Å². The Morgan fingerprint density at radius 1 is 1.32 bits per heavy atom. The standard InChI is InChI=1S/C18H27NO4S2/c1-5-18(2,3)15-7-9-16(10-8-15)22-12-6-11-19-25(21)23-17(13-20)14-24-4/h7-10,13-14,19H,5-6,11-12H2,1-4H3. The molecule has 0 saturated heterocycles. The van der Waals surface area contributed by atoms with Crippen LogP contribution in [0, 0.1) is 0 Å². The molecule has 0 saturated carbocycles. The van der Waals surface area contributed by atoms with Gasteiger partial charge in [0, 0.05) is 12.0 Å². The molecule has 0 bridgehead atoms. The Hall–Kier alpha value is -1.31. The first-order valence-corrected chi connectivity index (χ1v) is 10.5. The van der Waals surface area contributed by atoms with Crippen LogP contribution in [0.1, 0.15) is 39.2 Å². The van der Waals surface area contributed by atoms with Crippen molar-refractivity contribution >= 4 is 29.3 Å². The van der Waals surface area contributed by atoms with E-state index >= 15 is 0 Å². The van der Waals surface area contributed by atoms with Crippen LogP contribution in [0.2, 0.25) is 0 Å². The molecule has 0 aromatic heterocycles. The third-order valence-electron chi connectivity index (χ3n) is 3.85. The van der Waals surface area contributed by atoms with Gasteiger partial charge in [-0.3, -0.25) is 4.79 Å². The maximum atomic E-state index is 11.6. The summed E-state index contributed by atoms with van der Waals surface area (Å²) in [6, 6.07) is 8.15. The molecule has 1 rings (SSSR count). The molecule has 0 heterocycles. The third-order valence-corrected chi connectivity index (χ3v) is 5.10. The first-order chi connectivity index (χ1) is 11.9. The van der Waals surface area contributed by atoms with Crippen LogP contribution in [-0.2, 0) is 25.7 Å². The molecule has 0 fully saturated rings. The zero-order chi connectivity index (χ0) is 18.7. The van der Waals surface area contributed by atoms with Crippen molar-refractivity contribution in [1.82, 2.24) is 4.72 Å². The summed E-state index contributed by atoms with van der Waals surface area (Å²) in [5.41, 5.74) is 1.46. The number of carbonyl (C=O) groups excluding carboxylic acids is 1. The molecule has 140 valence electrons. The molecule has 1 aromatic rings. The van der Waals surface area contributed by atoms with E-state index < -0.39 is 11.3 Å². The summed E-state index contributed by atoms with van der Waals surface area (Å²) in [5.74, 6) is 0.865. The van der Waals surface area contributed by atoms with E-state index in [9.17, 15) is 9.00 Å². The molecule has 1 aromatic carbocycles. The van der Waals surface area contributed by atoms with Crippen LogP contribution in [0.15, 0.2) is 35.4 Å². The Balaban J connectivity index is 2.29. The van der Waals surface area contributed by atoms with E-state index in [4.69, 9.17) is 8.92 Å². The first kappa shape index (κ1) is 21.7. The summed E-state index contributed by atoms with van der Waals surface area (Å²) in [5, 5.41) is 1.50. The van der Waals surface area contributed by atoms with Crippen molar-refractivity contribution < 1.29 is 17.9 Å². The van der Waals surface area contributed by atoms with Crippen LogP contribution < -0.4 is 9.46 Å². The number of rotatable bonds is 12. The predicted octanol–water partition coefficient (Wildman–Crippen LogP) is 3.73. The highest BCUT2D eigenvalue weighted by atomic mass is 32.2. The molecule has 0 radical (unpaired) electrons. The fourth-order valence-electron chi connectivity index (χ4n) is 1.92. The zero-order valence-corrected chi connectivity index (χ0v) is 16.9. The second kappa shape index (κ2) is 11.3. The minimum absolute atomic E-state index is 0.0460. The highest BCUT2D eigenvalue weighted by Gasteiger charge is 2.17. The molecular formula is C18H27NO4S2. The maximum Gasteiger partial charge on any atom is 0.288 e. The van der Waals surface area contributed by atoms with Crippen molar-refractivity contribution in [3.63, 3.8) is 0 Å². The van der Waals surface area contributed by atoms with Gasteiger partial charge in [-0.05, 0) is 42.2 Å². The lowest BCUT2D eigenvalue weighted by Crippen LogP contribution is -2.22. The molecule has 0 aliphatic carbocycles. The number of thioether (sulfide) groups is 1. The molecule has 0 amide bonds. The Morgan fingerprint density at radius 3 is 2.56 bits per heavy atom. The van der Waals surface area contributed by atoms with Gasteiger partial charge in [-0.25, -0.2) is 4.72 Å². The summed E-state index contributed by atoms with van der Waals surface area (Å²) in [7, 11) is 0. The molecule has 0 aliphatic heterocycles.